The molecule has 0 saturated carbocycles. The quantitative estimate of drug-likeness (QED) is 0.190. The van der Waals surface area contributed by atoms with Crippen LogP contribution in [0, 0.1) is 0 Å². The van der Waals surface area contributed by atoms with E-state index in [-0.39, 0.29) is 0 Å². The first-order valence-corrected chi connectivity index (χ1v) is 17.4. The van der Waals surface area contributed by atoms with Crippen LogP contribution in [0.1, 0.15) is 49.9 Å². The van der Waals surface area contributed by atoms with Gasteiger partial charge in [0.1, 0.15) is 11.5 Å². The van der Waals surface area contributed by atoms with Crippen molar-refractivity contribution in [1.82, 2.24) is 0 Å². The Morgan fingerprint density at radius 1 is 0.511 bits per heavy atom. The molecule has 45 heavy (non-hydrogen) atoms. The second-order valence-corrected chi connectivity index (χ2v) is 13.0. The number of rotatable bonds is 6. The molecule has 4 nitrogen and oxygen atoms in total. The summed E-state index contributed by atoms with van der Waals surface area (Å²) in [6, 6.07) is 33.4. The van der Waals surface area contributed by atoms with Gasteiger partial charge in [0.25, 0.3) is 0 Å². The first kappa shape index (κ1) is 29.3. The van der Waals surface area contributed by atoms with Crippen LogP contribution in [-0.4, -0.2) is 4.89 Å². The zero-order valence-electron chi connectivity index (χ0n) is 26.2. The Morgan fingerprint density at radius 3 is 1.22 bits per heavy atom. The van der Waals surface area contributed by atoms with Gasteiger partial charge in [0, 0.05) is 22.3 Å². The number of aryl methyl sites for hydroxylation is 4. The largest absolute Gasteiger partial charge is 0.584 e. The molecule has 6 aromatic carbocycles. The molecule has 0 amide bonds. The maximum absolute atomic E-state index is 14.1. The molecule has 0 aromatic heterocycles. The van der Waals surface area contributed by atoms with E-state index in [9.17, 15) is 9.46 Å². The molecule has 0 fully saturated rings. The molecule has 0 atom stereocenters. The topological polar surface area (TPSA) is 55.8 Å². The maximum Gasteiger partial charge on any atom is 0.584 e. The van der Waals surface area contributed by atoms with Gasteiger partial charge < -0.3 is 9.05 Å². The van der Waals surface area contributed by atoms with E-state index in [0.29, 0.717) is 11.5 Å². The van der Waals surface area contributed by atoms with Crippen molar-refractivity contribution >= 4 is 29.4 Å². The van der Waals surface area contributed by atoms with E-state index >= 15 is 0 Å². The molecule has 0 spiro atoms. The first-order chi connectivity index (χ1) is 21.9. The summed E-state index contributed by atoms with van der Waals surface area (Å²) in [5, 5.41) is 3.94. The van der Waals surface area contributed by atoms with E-state index in [2.05, 4.69) is 100 Å². The lowest BCUT2D eigenvalue weighted by atomic mass is 9.83. The van der Waals surface area contributed by atoms with E-state index in [0.717, 1.165) is 103 Å². The van der Waals surface area contributed by atoms with Crippen molar-refractivity contribution in [2.45, 2.75) is 53.4 Å². The number of phosphoric ester groups is 1. The van der Waals surface area contributed by atoms with Crippen LogP contribution in [0.25, 0.3) is 54.9 Å². The first-order valence-electron chi connectivity index (χ1n) is 15.9. The molecule has 5 heteroatoms. The van der Waals surface area contributed by atoms with Crippen LogP contribution >= 0.6 is 7.82 Å². The minimum absolute atomic E-state index is 0.385. The van der Waals surface area contributed by atoms with Crippen molar-refractivity contribution in [3.8, 4) is 44.9 Å². The molecule has 0 unspecified atom stereocenters. The highest BCUT2D eigenvalue weighted by Crippen LogP contribution is 2.62. The highest BCUT2D eigenvalue weighted by atomic mass is 31.2. The molecule has 0 aliphatic carbocycles. The summed E-state index contributed by atoms with van der Waals surface area (Å²) in [5.41, 5.74) is 9.94. The van der Waals surface area contributed by atoms with Crippen LogP contribution in [-0.2, 0) is 30.2 Å². The summed E-state index contributed by atoms with van der Waals surface area (Å²) in [6.45, 7) is 8.57. The predicted molar refractivity (Wildman–Crippen MR) is 186 cm³/mol. The zero-order valence-corrected chi connectivity index (χ0v) is 27.1. The number of benzene rings is 6. The van der Waals surface area contributed by atoms with Gasteiger partial charge in [-0.1, -0.05) is 113 Å². The Kier molecular flexibility index (Phi) is 7.52. The molecule has 1 heterocycles. The van der Waals surface area contributed by atoms with Crippen LogP contribution in [0.15, 0.2) is 97.1 Å². The summed E-state index contributed by atoms with van der Waals surface area (Å²) in [4.78, 5) is 11.6. The predicted octanol–water partition coefficient (Wildman–Crippen LogP) is 11.1. The lowest BCUT2D eigenvalue weighted by Crippen LogP contribution is -2.02. The van der Waals surface area contributed by atoms with Gasteiger partial charge in [-0.05, 0) is 92.7 Å². The van der Waals surface area contributed by atoms with Gasteiger partial charge in [-0.2, -0.15) is 0 Å². The van der Waals surface area contributed by atoms with Gasteiger partial charge in [-0.3, -0.25) is 4.89 Å². The lowest BCUT2D eigenvalue weighted by Gasteiger charge is -2.22. The third-order valence-electron chi connectivity index (χ3n) is 9.20. The van der Waals surface area contributed by atoms with E-state index < -0.39 is 7.82 Å². The molecular formula is C40H37O4P. The lowest BCUT2D eigenvalue weighted by molar-refractivity contribution is 0.295. The van der Waals surface area contributed by atoms with E-state index in [1.54, 1.807) is 0 Å². The molecule has 0 bridgehead atoms. The van der Waals surface area contributed by atoms with Crippen LogP contribution in [0.3, 0.4) is 0 Å². The molecule has 7 rings (SSSR count). The van der Waals surface area contributed by atoms with E-state index in [4.69, 9.17) is 9.05 Å². The fourth-order valence-corrected chi connectivity index (χ4v) is 8.02. The van der Waals surface area contributed by atoms with Gasteiger partial charge in [-0.15, -0.1) is 0 Å². The van der Waals surface area contributed by atoms with Crippen molar-refractivity contribution < 1.29 is 18.5 Å². The fraction of sp³-hybridized carbons (Fsp3) is 0.200. The summed E-state index contributed by atoms with van der Waals surface area (Å²) in [6.07, 6.45) is 3.26. The van der Waals surface area contributed by atoms with Crippen molar-refractivity contribution in [2.24, 2.45) is 0 Å². The number of phosphoric acid groups is 1. The third kappa shape index (κ3) is 4.84. The molecule has 6 aromatic rings. The van der Waals surface area contributed by atoms with Gasteiger partial charge in [0.2, 0.25) is 0 Å². The average Bonchev–Trinajstić information content (AvgIpc) is 3.20. The second-order valence-electron chi connectivity index (χ2n) is 11.7. The average molecular weight is 613 g/mol. The minimum atomic E-state index is -4.64. The monoisotopic (exact) mass is 612 g/mol. The highest BCUT2D eigenvalue weighted by Gasteiger charge is 2.38. The van der Waals surface area contributed by atoms with E-state index in [1.165, 1.54) is 0 Å². The summed E-state index contributed by atoms with van der Waals surface area (Å²) in [5.74, 6) is 0.770. The molecule has 226 valence electrons. The molecular weight excluding hydrogens is 575 g/mol. The smallest absolute Gasteiger partial charge is 0.394 e. The molecule has 1 N–H and O–H groups in total. The summed E-state index contributed by atoms with van der Waals surface area (Å²) in [7, 11) is -4.64. The SMILES string of the molecule is CCc1cccc(CC)c1-c1cc2ccccc2c2c1OP(=O)(O)Oc1c(-c3c(CC)cccc3CC)cc3ccccc3c1-2. The number of fused-ring (bicyclic) bond motifs is 7. The van der Waals surface area contributed by atoms with Crippen molar-refractivity contribution in [3.63, 3.8) is 0 Å². The maximum atomic E-state index is 14.1. The van der Waals surface area contributed by atoms with Crippen molar-refractivity contribution in [3.05, 3.63) is 119 Å². The Hall–Kier alpha value is -4.37. The molecule has 1 aliphatic rings. The van der Waals surface area contributed by atoms with E-state index in [1.807, 2.05) is 24.3 Å². The van der Waals surface area contributed by atoms with Gasteiger partial charge >= 0.3 is 7.82 Å². The summed E-state index contributed by atoms with van der Waals surface area (Å²) < 4.78 is 26.7. The molecule has 1 aliphatic heterocycles. The zero-order chi connectivity index (χ0) is 31.3. The van der Waals surface area contributed by atoms with Crippen LogP contribution in [0.4, 0.5) is 0 Å². The van der Waals surface area contributed by atoms with Gasteiger partial charge in [-0.25, -0.2) is 4.57 Å². The minimum Gasteiger partial charge on any atom is -0.394 e. The highest BCUT2D eigenvalue weighted by molar-refractivity contribution is 7.48. The van der Waals surface area contributed by atoms with Crippen LogP contribution in [0.5, 0.6) is 11.5 Å². The third-order valence-corrected chi connectivity index (χ3v) is 10.0. The molecule has 0 radical (unpaired) electrons. The Balaban J connectivity index is 1.73. The number of hydrogen-bond acceptors (Lipinski definition) is 3. The van der Waals surface area contributed by atoms with Crippen LogP contribution in [0.2, 0.25) is 0 Å². The van der Waals surface area contributed by atoms with Crippen molar-refractivity contribution in [2.75, 3.05) is 0 Å². The van der Waals surface area contributed by atoms with Crippen LogP contribution < -0.4 is 9.05 Å². The second kappa shape index (κ2) is 11.5. The van der Waals surface area contributed by atoms with Gasteiger partial charge in [0.05, 0.1) is 0 Å². The normalized spacial score (nSPS) is 13.5. The standard InChI is InChI=1S/C40H37O4P/c1-5-25-17-13-18-26(6-2)35(25)33-23-29-15-9-11-21-31(29)37-38-32-22-12-10-16-30(32)24-34(40(38)44-45(41,42)43-39(33)37)36-27(7-3)19-14-20-28(36)8-4/h9-24H,5-8H2,1-4H3,(H,41,42). The Labute approximate surface area is 264 Å². The fourth-order valence-electron chi connectivity index (χ4n) is 7.14. The Morgan fingerprint density at radius 2 is 0.867 bits per heavy atom. The van der Waals surface area contributed by atoms with Crippen molar-refractivity contribution in [1.29, 1.82) is 0 Å². The number of hydrogen-bond donors (Lipinski definition) is 1. The summed E-state index contributed by atoms with van der Waals surface area (Å²) >= 11 is 0. The molecule has 0 saturated heterocycles. The Bertz CT molecular complexity index is 1970. The van der Waals surface area contributed by atoms with Gasteiger partial charge in [0.15, 0.2) is 0 Å².